The summed E-state index contributed by atoms with van der Waals surface area (Å²) in [5.74, 6) is -0.0868. The Kier molecular flexibility index (Phi) is 4.64. The van der Waals surface area contributed by atoms with E-state index in [9.17, 15) is 4.79 Å². The molecule has 0 aliphatic heterocycles. The van der Waals surface area contributed by atoms with Crippen LogP contribution in [0.25, 0.3) is 0 Å². The van der Waals surface area contributed by atoms with Gasteiger partial charge in [0.25, 0.3) is 5.91 Å². The Morgan fingerprint density at radius 1 is 1.38 bits per heavy atom. The number of benzene rings is 1. The van der Waals surface area contributed by atoms with Crippen LogP contribution in [0.1, 0.15) is 30.6 Å². The van der Waals surface area contributed by atoms with Crippen molar-refractivity contribution >= 4 is 17.3 Å². The Morgan fingerprint density at radius 2 is 2.12 bits per heavy atom. The molecule has 0 saturated carbocycles. The minimum absolute atomic E-state index is 0.0868. The smallest absolute Gasteiger partial charge is 0.251 e. The van der Waals surface area contributed by atoms with Gasteiger partial charge in [-0.1, -0.05) is 6.92 Å². The molecule has 1 aromatic carbocycles. The monoisotopic (exact) mass is 221 g/mol. The van der Waals surface area contributed by atoms with E-state index in [4.69, 9.17) is 5.73 Å². The van der Waals surface area contributed by atoms with Crippen LogP contribution in [0.5, 0.6) is 0 Å². The number of carbonyl (C=O) groups excluding carboxylic acids is 1. The van der Waals surface area contributed by atoms with Gasteiger partial charge in [-0.15, -0.1) is 0 Å². The summed E-state index contributed by atoms with van der Waals surface area (Å²) in [6.45, 7) is 5.48. The third kappa shape index (κ3) is 3.15. The van der Waals surface area contributed by atoms with Gasteiger partial charge >= 0.3 is 0 Å². The van der Waals surface area contributed by atoms with Crippen LogP contribution in [0.3, 0.4) is 0 Å². The highest BCUT2D eigenvalue weighted by molar-refractivity contribution is 5.96. The number of rotatable bonds is 5. The summed E-state index contributed by atoms with van der Waals surface area (Å²) < 4.78 is 0. The Labute approximate surface area is 96.2 Å². The van der Waals surface area contributed by atoms with E-state index in [0.717, 1.165) is 18.7 Å². The minimum Gasteiger partial charge on any atom is -0.397 e. The maximum Gasteiger partial charge on any atom is 0.251 e. The maximum atomic E-state index is 11.5. The first kappa shape index (κ1) is 12.4. The summed E-state index contributed by atoms with van der Waals surface area (Å²) in [5, 5.41) is 5.94. The molecule has 0 aliphatic rings. The first-order valence-electron chi connectivity index (χ1n) is 5.60. The normalized spacial score (nSPS) is 9.88. The van der Waals surface area contributed by atoms with Gasteiger partial charge in [0, 0.05) is 18.7 Å². The fourth-order valence-electron chi connectivity index (χ4n) is 1.39. The number of amides is 1. The van der Waals surface area contributed by atoms with Gasteiger partial charge in [-0.2, -0.15) is 0 Å². The molecule has 4 heteroatoms. The molecule has 1 aromatic rings. The first-order chi connectivity index (χ1) is 7.69. The van der Waals surface area contributed by atoms with Crippen molar-refractivity contribution in [2.24, 2.45) is 0 Å². The minimum atomic E-state index is -0.0868. The zero-order valence-electron chi connectivity index (χ0n) is 9.84. The molecule has 4 nitrogen and oxygen atoms in total. The number of anilines is 2. The Bertz CT molecular complexity index is 363. The number of nitrogen functional groups attached to an aromatic ring is 1. The first-order valence-corrected chi connectivity index (χ1v) is 5.60. The second kappa shape index (κ2) is 6.00. The molecular formula is C12H19N3O. The molecule has 0 saturated heterocycles. The van der Waals surface area contributed by atoms with Gasteiger partial charge in [0.2, 0.25) is 0 Å². The van der Waals surface area contributed by atoms with Crippen LogP contribution in [0.4, 0.5) is 11.4 Å². The van der Waals surface area contributed by atoms with Gasteiger partial charge in [0.05, 0.1) is 11.4 Å². The molecule has 16 heavy (non-hydrogen) atoms. The van der Waals surface area contributed by atoms with E-state index < -0.39 is 0 Å². The molecule has 1 rings (SSSR count). The summed E-state index contributed by atoms with van der Waals surface area (Å²) in [6, 6.07) is 5.32. The van der Waals surface area contributed by atoms with E-state index in [2.05, 4.69) is 17.6 Å². The molecular weight excluding hydrogens is 202 g/mol. The Hall–Kier alpha value is -1.71. The van der Waals surface area contributed by atoms with Gasteiger partial charge in [-0.25, -0.2) is 0 Å². The summed E-state index contributed by atoms with van der Waals surface area (Å²) in [4.78, 5) is 11.5. The lowest BCUT2D eigenvalue weighted by atomic mass is 10.1. The number of nitrogens with two attached hydrogens (primary N) is 1. The summed E-state index contributed by atoms with van der Waals surface area (Å²) in [5.41, 5.74) is 7.94. The predicted molar refractivity (Wildman–Crippen MR) is 67.6 cm³/mol. The summed E-state index contributed by atoms with van der Waals surface area (Å²) in [7, 11) is 0. The maximum absolute atomic E-state index is 11.5. The van der Waals surface area contributed by atoms with Gasteiger partial charge in [-0.3, -0.25) is 4.79 Å². The van der Waals surface area contributed by atoms with E-state index in [1.165, 1.54) is 0 Å². The van der Waals surface area contributed by atoms with Crippen LogP contribution in [-0.4, -0.2) is 19.0 Å². The fourth-order valence-corrected chi connectivity index (χ4v) is 1.39. The van der Waals surface area contributed by atoms with Gasteiger partial charge < -0.3 is 16.4 Å². The second-order valence-electron chi connectivity index (χ2n) is 3.59. The van der Waals surface area contributed by atoms with Gasteiger partial charge in [-0.05, 0) is 31.5 Å². The standard InChI is InChI=1S/C12H19N3O/c1-3-7-15-11-6-5-9(8-10(11)13)12(16)14-4-2/h5-6,8,15H,3-4,7,13H2,1-2H3,(H,14,16). The van der Waals surface area contributed by atoms with Crippen molar-refractivity contribution in [2.45, 2.75) is 20.3 Å². The zero-order valence-corrected chi connectivity index (χ0v) is 9.84. The number of carbonyl (C=O) groups is 1. The topological polar surface area (TPSA) is 67.2 Å². The molecule has 0 heterocycles. The van der Waals surface area contributed by atoms with E-state index in [1.807, 2.05) is 13.0 Å². The van der Waals surface area contributed by atoms with Crippen LogP contribution in [0, 0.1) is 0 Å². The highest BCUT2D eigenvalue weighted by Crippen LogP contribution is 2.19. The molecule has 0 atom stereocenters. The predicted octanol–water partition coefficient (Wildman–Crippen LogP) is 1.84. The molecule has 0 bridgehead atoms. The largest absolute Gasteiger partial charge is 0.397 e. The van der Waals surface area contributed by atoms with E-state index >= 15 is 0 Å². The quantitative estimate of drug-likeness (QED) is 0.665. The molecule has 0 fully saturated rings. The molecule has 0 unspecified atom stereocenters. The van der Waals surface area contributed by atoms with E-state index in [-0.39, 0.29) is 5.91 Å². The van der Waals surface area contributed by atoms with Gasteiger partial charge in [0.1, 0.15) is 0 Å². The summed E-state index contributed by atoms with van der Waals surface area (Å²) in [6.07, 6.45) is 1.04. The Morgan fingerprint density at radius 3 is 2.69 bits per heavy atom. The van der Waals surface area contributed by atoms with Crippen molar-refractivity contribution in [2.75, 3.05) is 24.1 Å². The average Bonchev–Trinajstić information content (AvgIpc) is 2.27. The van der Waals surface area contributed by atoms with Crippen LogP contribution in [-0.2, 0) is 0 Å². The van der Waals surface area contributed by atoms with Crippen molar-refractivity contribution in [1.29, 1.82) is 0 Å². The van der Waals surface area contributed by atoms with Crippen LogP contribution < -0.4 is 16.4 Å². The average molecular weight is 221 g/mol. The lowest BCUT2D eigenvalue weighted by Crippen LogP contribution is -2.22. The van der Waals surface area contributed by atoms with Crippen LogP contribution >= 0.6 is 0 Å². The van der Waals surface area contributed by atoms with Crippen LogP contribution in [0.2, 0.25) is 0 Å². The number of hydrogen-bond acceptors (Lipinski definition) is 3. The second-order valence-corrected chi connectivity index (χ2v) is 3.59. The lowest BCUT2D eigenvalue weighted by molar-refractivity contribution is 0.0956. The van der Waals surface area contributed by atoms with E-state index in [0.29, 0.717) is 17.8 Å². The SMILES string of the molecule is CCCNc1ccc(C(=O)NCC)cc1N. The number of nitrogens with one attached hydrogen (secondary N) is 2. The highest BCUT2D eigenvalue weighted by Gasteiger charge is 2.06. The van der Waals surface area contributed by atoms with Crippen molar-refractivity contribution in [3.8, 4) is 0 Å². The third-order valence-corrected chi connectivity index (χ3v) is 2.22. The van der Waals surface area contributed by atoms with Crippen molar-refractivity contribution in [3.63, 3.8) is 0 Å². The summed E-state index contributed by atoms with van der Waals surface area (Å²) >= 11 is 0. The Balaban J connectivity index is 2.78. The van der Waals surface area contributed by atoms with E-state index in [1.54, 1.807) is 12.1 Å². The van der Waals surface area contributed by atoms with Crippen LogP contribution in [0.15, 0.2) is 18.2 Å². The fraction of sp³-hybridized carbons (Fsp3) is 0.417. The van der Waals surface area contributed by atoms with Crippen molar-refractivity contribution in [1.82, 2.24) is 5.32 Å². The third-order valence-electron chi connectivity index (χ3n) is 2.22. The molecule has 4 N–H and O–H groups in total. The van der Waals surface area contributed by atoms with Gasteiger partial charge in [0.15, 0.2) is 0 Å². The molecule has 88 valence electrons. The lowest BCUT2D eigenvalue weighted by Gasteiger charge is -2.09. The molecule has 0 spiro atoms. The molecule has 0 radical (unpaired) electrons. The zero-order chi connectivity index (χ0) is 12.0. The van der Waals surface area contributed by atoms with Crippen molar-refractivity contribution < 1.29 is 4.79 Å². The number of hydrogen-bond donors (Lipinski definition) is 3. The van der Waals surface area contributed by atoms with Crippen molar-refractivity contribution in [3.05, 3.63) is 23.8 Å². The molecule has 0 aliphatic carbocycles. The highest BCUT2D eigenvalue weighted by atomic mass is 16.1. The molecule has 0 aromatic heterocycles. The molecule has 1 amide bonds.